The van der Waals surface area contributed by atoms with Gasteiger partial charge >= 0.3 is 0 Å². The van der Waals surface area contributed by atoms with Crippen molar-refractivity contribution < 1.29 is 9.59 Å². The van der Waals surface area contributed by atoms with E-state index in [1.807, 2.05) is 54.7 Å². The van der Waals surface area contributed by atoms with Gasteiger partial charge in [-0.2, -0.15) is 0 Å². The van der Waals surface area contributed by atoms with Crippen molar-refractivity contribution in [3.05, 3.63) is 106 Å². The predicted octanol–water partition coefficient (Wildman–Crippen LogP) is 5.15. The van der Waals surface area contributed by atoms with Crippen LogP contribution >= 0.6 is 23.2 Å². The van der Waals surface area contributed by atoms with E-state index in [2.05, 4.69) is 15.6 Å². The van der Waals surface area contributed by atoms with Crippen molar-refractivity contribution in [3.8, 4) is 0 Å². The van der Waals surface area contributed by atoms with E-state index in [1.165, 1.54) is 0 Å². The van der Waals surface area contributed by atoms with Crippen LogP contribution in [0, 0.1) is 0 Å². The number of benzene rings is 3. The van der Waals surface area contributed by atoms with Crippen molar-refractivity contribution in [2.75, 3.05) is 13.1 Å². The van der Waals surface area contributed by atoms with E-state index in [0.29, 0.717) is 22.2 Å². The summed E-state index contributed by atoms with van der Waals surface area (Å²) in [6.07, 6.45) is 1.95. The zero-order chi connectivity index (χ0) is 22.5. The Morgan fingerprint density at radius 1 is 0.812 bits per heavy atom. The van der Waals surface area contributed by atoms with Crippen molar-refractivity contribution >= 4 is 45.9 Å². The number of H-pyrrole nitrogens is 1. The largest absolute Gasteiger partial charge is 0.361 e. The van der Waals surface area contributed by atoms with Crippen LogP contribution in [0.3, 0.4) is 0 Å². The molecule has 0 spiro atoms. The first kappa shape index (κ1) is 21.9. The van der Waals surface area contributed by atoms with Gasteiger partial charge in [0.1, 0.15) is 0 Å². The minimum absolute atomic E-state index is 0.160. The Morgan fingerprint density at radius 3 is 2.28 bits per heavy atom. The fourth-order valence-electron chi connectivity index (χ4n) is 3.71. The third-order valence-corrected chi connectivity index (χ3v) is 5.98. The van der Waals surface area contributed by atoms with Gasteiger partial charge in [0, 0.05) is 34.6 Å². The van der Waals surface area contributed by atoms with Gasteiger partial charge in [0.2, 0.25) is 5.91 Å². The zero-order valence-electron chi connectivity index (χ0n) is 17.1. The number of halogens is 2. The van der Waals surface area contributed by atoms with Gasteiger partial charge in [-0.15, -0.1) is 0 Å². The maximum Gasteiger partial charge on any atom is 0.253 e. The number of hydrogen-bond donors (Lipinski definition) is 3. The molecule has 4 aromatic rings. The SMILES string of the molecule is O=C(CNC(=O)c1ccccc1Cl)NCC(c1ccccc1Cl)c1c[nH]c2ccccc12. The Hall–Kier alpha value is -3.28. The third kappa shape index (κ3) is 4.79. The molecule has 1 unspecified atom stereocenters. The quantitative estimate of drug-likeness (QED) is 0.352. The number of hydrogen-bond acceptors (Lipinski definition) is 2. The van der Waals surface area contributed by atoms with Gasteiger partial charge in [0.25, 0.3) is 5.91 Å². The van der Waals surface area contributed by atoms with Gasteiger partial charge in [-0.25, -0.2) is 0 Å². The Balaban J connectivity index is 1.48. The van der Waals surface area contributed by atoms with Crippen LogP contribution in [0.5, 0.6) is 0 Å². The van der Waals surface area contributed by atoms with E-state index in [0.717, 1.165) is 22.0 Å². The first-order valence-electron chi connectivity index (χ1n) is 10.1. The first-order chi connectivity index (χ1) is 15.5. The maximum atomic E-state index is 12.5. The number of fused-ring (bicyclic) bond motifs is 1. The van der Waals surface area contributed by atoms with E-state index in [4.69, 9.17) is 23.2 Å². The molecule has 3 aromatic carbocycles. The summed E-state index contributed by atoms with van der Waals surface area (Å²) in [5.74, 6) is -0.865. The zero-order valence-corrected chi connectivity index (χ0v) is 18.6. The molecule has 4 rings (SSSR count). The molecule has 3 N–H and O–H groups in total. The summed E-state index contributed by atoms with van der Waals surface area (Å²) in [5, 5.41) is 7.57. The van der Waals surface area contributed by atoms with Crippen molar-refractivity contribution in [3.63, 3.8) is 0 Å². The summed E-state index contributed by atoms with van der Waals surface area (Å²) >= 11 is 12.5. The number of para-hydroxylation sites is 1. The van der Waals surface area contributed by atoms with Crippen molar-refractivity contribution in [1.82, 2.24) is 15.6 Å². The fourth-order valence-corrected chi connectivity index (χ4v) is 4.20. The maximum absolute atomic E-state index is 12.5. The molecule has 1 aromatic heterocycles. The monoisotopic (exact) mass is 465 g/mol. The van der Waals surface area contributed by atoms with E-state index in [9.17, 15) is 9.59 Å². The van der Waals surface area contributed by atoms with Crippen molar-refractivity contribution in [2.45, 2.75) is 5.92 Å². The van der Waals surface area contributed by atoms with Crippen LogP contribution in [0.25, 0.3) is 10.9 Å². The summed E-state index contributed by atoms with van der Waals surface area (Å²) in [7, 11) is 0. The number of rotatable bonds is 7. The summed E-state index contributed by atoms with van der Waals surface area (Å²) in [4.78, 5) is 28.1. The van der Waals surface area contributed by atoms with E-state index in [1.54, 1.807) is 24.3 Å². The van der Waals surface area contributed by atoms with E-state index in [-0.39, 0.29) is 18.4 Å². The molecule has 7 heteroatoms. The van der Waals surface area contributed by atoms with Gasteiger partial charge in [0.15, 0.2) is 0 Å². The molecule has 0 bridgehead atoms. The summed E-state index contributed by atoms with van der Waals surface area (Å²) in [5.41, 5.74) is 3.29. The number of aromatic amines is 1. The summed E-state index contributed by atoms with van der Waals surface area (Å²) in [6.45, 7) is 0.166. The molecule has 0 saturated carbocycles. The number of amides is 2. The van der Waals surface area contributed by atoms with Crippen LogP contribution in [0.15, 0.2) is 79.0 Å². The molecule has 0 aliphatic heterocycles. The number of carbonyl (C=O) groups is 2. The highest BCUT2D eigenvalue weighted by atomic mass is 35.5. The molecule has 0 aliphatic carbocycles. The van der Waals surface area contributed by atoms with Crippen LogP contribution in [0.1, 0.15) is 27.4 Å². The van der Waals surface area contributed by atoms with Crippen LogP contribution in [-0.4, -0.2) is 29.9 Å². The first-order valence-corrected chi connectivity index (χ1v) is 10.9. The van der Waals surface area contributed by atoms with E-state index < -0.39 is 5.91 Å². The molecule has 0 saturated heterocycles. The van der Waals surface area contributed by atoms with Gasteiger partial charge in [-0.05, 0) is 35.4 Å². The highest BCUT2D eigenvalue weighted by molar-refractivity contribution is 6.33. The molecule has 162 valence electrons. The Bertz CT molecular complexity index is 1270. The molecule has 5 nitrogen and oxygen atoms in total. The lowest BCUT2D eigenvalue weighted by molar-refractivity contribution is -0.120. The molecule has 0 radical (unpaired) electrons. The van der Waals surface area contributed by atoms with Gasteiger partial charge in [-0.3, -0.25) is 9.59 Å². The molecule has 2 amide bonds. The topological polar surface area (TPSA) is 74.0 Å². The molecule has 1 atom stereocenters. The molecule has 0 fully saturated rings. The number of nitrogens with one attached hydrogen (secondary N) is 3. The van der Waals surface area contributed by atoms with Crippen LogP contribution in [0.4, 0.5) is 0 Å². The van der Waals surface area contributed by atoms with Crippen molar-refractivity contribution in [2.24, 2.45) is 0 Å². The highest BCUT2D eigenvalue weighted by Gasteiger charge is 2.21. The molecule has 32 heavy (non-hydrogen) atoms. The second-order valence-corrected chi connectivity index (χ2v) is 8.14. The fraction of sp³-hybridized carbons (Fsp3) is 0.120. The van der Waals surface area contributed by atoms with E-state index >= 15 is 0 Å². The average Bonchev–Trinajstić information content (AvgIpc) is 3.23. The average molecular weight is 466 g/mol. The van der Waals surface area contributed by atoms with Crippen molar-refractivity contribution in [1.29, 1.82) is 0 Å². The lowest BCUT2D eigenvalue weighted by Gasteiger charge is -2.19. The molecule has 0 aliphatic rings. The van der Waals surface area contributed by atoms with Crippen LogP contribution in [-0.2, 0) is 4.79 Å². The van der Waals surface area contributed by atoms with Gasteiger partial charge < -0.3 is 15.6 Å². The third-order valence-electron chi connectivity index (χ3n) is 5.31. The summed E-state index contributed by atoms with van der Waals surface area (Å²) < 4.78 is 0. The second-order valence-electron chi connectivity index (χ2n) is 7.33. The predicted molar refractivity (Wildman–Crippen MR) is 128 cm³/mol. The number of aromatic nitrogens is 1. The van der Waals surface area contributed by atoms with Crippen LogP contribution in [0.2, 0.25) is 10.0 Å². The highest BCUT2D eigenvalue weighted by Crippen LogP contribution is 2.34. The normalized spacial score (nSPS) is 11.8. The number of carbonyl (C=O) groups excluding carboxylic acids is 2. The standard InChI is InChI=1S/C25H21Cl2N3O2/c26-21-10-4-1-7-16(21)19(20-13-28-23-12-6-3-8-17(20)23)14-29-24(31)15-30-25(32)18-9-2-5-11-22(18)27/h1-13,19,28H,14-15H2,(H,29,31)(H,30,32). The Kier molecular flexibility index (Phi) is 6.78. The Morgan fingerprint density at radius 2 is 1.50 bits per heavy atom. The smallest absolute Gasteiger partial charge is 0.253 e. The molecular weight excluding hydrogens is 445 g/mol. The summed E-state index contributed by atoms with van der Waals surface area (Å²) in [6, 6.07) is 22.3. The van der Waals surface area contributed by atoms with Gasteiger partial charge in [-0.1, -0.05) is 71.7 Å². The lowest BCUT2D eigenvalue weighted by Crippen LogP contribution is -2.38. The van der Waals surface area contributed by atoms with Crippen LogP contribution < -0.4 is 10.6 Å². The minimum atomic E-state index is -0.398. The molecule has 1 heterocycles. The molecular formula is C25H21Cl2N3O2. The van der Waals surface area contributed by atoms with Gasteiger partial charge in [0.05, 0.1) is 17.1 Å². The minimum Gasteiger partial charge on any atom is -0.361 e. The Labute approximate surface area is 195 Å². The second kappa shape index (κ2) is 9.90. The lowest BCUT2D eigenvalue weighted by atomic mass is 9.90.